The van der Waals surface area contributed by atoms with Crippen LogP contribution in [-0.4, -0.2) is 24.0 Å². The van der Waals surface area contributed by atoms with Gasteiger partial charge in [0.2, 0.25) is 5.91 Å². The molecule has 1 amide bonds. The lowest BCUT2D eigenvalue weighted by Crippen LogP contribution is -2.34. The van der Waals surface area contributed by atoms with Gasteiger partial charge in [-0.25, -0.2) is 0 Å². The van der Waals surface area contributed by atoms with Crippen molar-refractivity contribution in [2.24, 2.45) is 0 Å². The van der Waals surface area contributed by atoms with Crippen molar-refractivity contribution in [3.8, 4) is 0 Å². The Kier molecular flexibility index (Phi) is 5.29. The largest absolute Gasteiger partial charge is 0.361 e. The normalized spacial score (nSPS) is 10.9. The summed E-state index contributed by atoms with van der Waals surface area (Å²) >= 11 is 0. The number of rotatable bonds is 7. The van der Waals surface area contributed by atoms with Crippen molar-refractivity contribution in [3.05, 3.63) is 71.4 Å². The van der Waals surface area contributed by atoms with Gasteiger partial charge in [-0.2, -0.15) is 0 Å². The zero-order chi connectivity index (χ0) is 16.8. The zero-order valence-corrected chi connectivity index (χ0v) is 13.9. The van der Waals surface area contributed by atoms with Crippen LogP contribution in [-0.2, 0) is 17.8 Å². The molecule has 124 valence electrons. The Morgan fingerprint density at radius 2 is 2.00 bits per heavy atom. The minimum Gasteiger partial charge on any atom is -0.361 e. The molecule has 4 nitrogen and oxygen atoms in total. The molecule has 0 unspecified atom stereocenters. The standard InChI is InChI=1S/C20H23N3O/c1-15-5-4-6-16(11-15)12-23-20(24)14-21-10-9-17-13-22-19-8-3-2-7-18(17)19/h2-8,11,13,21-22H,9-10,12,14H2,1H3,(H,23,24). The molecule has 3 N–H and O–H groups in total. The van der Waals surface area contributed by atoms with E-state index in [9.17, 15) is 4.79 Å². The Bertz CT molecular complexity index is 822. The highest BCUT2D eigenvalue weighted by molar-refractivity contribution is 5.83. The van der Waals surface area contributed by atoms with Crippen LogP contribution in [0, 0.1) is 6.92 Å². The molecule has 0 radical (unpaired) electrons. The quantitative estimate of drug-likeness (QED) is 0.586. The minimum absolute atomic E-state index is 0.0235. The molecule has 0 aliphatic heterocycles. The fourth-order valence-electron chi connectivity index (χ4n) is 2.85. The number of amides is 1. The van der Waals surface area contributed by atoms with Gasteiger partial charge in [-0.05, 0) is 37.1 Å². The maximum absolute atomic E-state index is 11.9. The summed E-state index contributed by atoms with van der Waals surface area (Å²) in [5.74, 6) is 0.0235. The number of aryl methyl sites for hydroxylation is 1. The van der Waals surface area contributed by atoms with Gasteiger partial charge in [0.05, 0.1) is 6.54 Å². The van der Waals surface area contributed by atoms with E-state index in [4.69, 9.17) is 0 Å². The minimum atomic E-state index is 0.0235. The molecule has 0 aliphatic carbocycles. The molecule has 0 bridgehead atoms. The lowest BCUT2D eigenvalue weighted by molar-refractivity contribution is -0.120. The molecule has 0 aliphatic rings. The number of para-hydroxylation sites is 1. The molecule has 3 rings (SSSR count). The van der Waals surface area contributed by atoms with Gasteiger partial charge >= 0.3 is 0 Å². The zero-order valence-electron chi connectivity index (χ0n) is 13.9. The lowest BCUT2D eigenvalue weighted by atomic mass is 10.1. The number of carbonyl (C=O) groups excluding carboxylic acids is 1. The Morgan fingerprint density at radius 3 is 2.88 bits per heavy atom. The van der Waals surface area contributed by atoms with Gasteiger partial charge in [-0.1, -0.05) is 48.0 Å². The predicted molar refractivity (Wildman–Crippen MR) is 97.9 cm³/mol. The van der Waals surface area contributed by atoms with Crippen molar-refractivity contribution in [1.29, 1.82) is 0 Å². The summed E-state index contributed by atoms with van der Waals surface area (Å²) in [6.45, 7) is 3.75. The topological polar surface area (TPSA) is 56.9 Å². The Balaban J connectivity index is 1.39. The summed E-state index contributed by atoms with van der Waals surface area (Å²) < 4.78 is 0. The monoisotopic (exact) mass is 321 g/mol. The van der Waals surface area contributed by atoms with E-state index in [1.807, 2.05) is 30.5 Å². The molecular weight excluding hydrogens is 298 g/mol. The van der Waals surface area contributed by atoms with Crippen LogP contribution in [0.4, 0.5) is 0 Å². The molecule has 0 atom stereocenters. The van der Waals surface area contributed by atoms with Crippen LogP contribution in [0.1, 0.15) is 16.7 Å². The maximum atomic E-state index is 11.9. The lowest BCUT2D eigenvalue weighted by Gasteiger charge is -2.07. The molecule has 24 heavy (non-hydrogen) atoms. The van der Waals surface area contributed by atoms with Crippen molar-refractivity contribution >= 4 is 16.8 Å². The molecular formula is C20H23N3O. The van der Waals surface area contributed by atoms with Crippen molar-refractivity contribution in [2.45, 2.75) is 19.9 Å². The number of H-pyrrole nitrogens is 1. The van der Waals surface area contributed by atoms with Gasteiger partial charge in [0.1, 0.15) is 0 Å². The van der Waals surface area contributed by atoms with Crippen LogP contribution < -0.4 is 10.6 Å². The highest BCUT2D eigenvalue weighted by Crippen LogP contribution is 2.17. The first-order valence-electron chi connectivity index (χ1n) is 8.30. The Labute approximate surface area is 142 Å². The molecule has 4 heteroatoms. The second-order valence-corrected chi connectivity index (χ2v) is 6.05. The fourth-order valence-corrected chi connectivity index (χ4v) is 2.85. The van der Waals surface area contributed by atoms with Crippen LogP contribution in [0.2, 0.25) is 0 Å². The fraction of sp³-hybridized carbons (Fsp3) is 0.250. The first-order chi connectivity index (χ1) is 11.7. The van der Waals surface area contributed by atoms with Crippen LogP contribution >= 0.6 is 0 Å². The molecule has 2 aromatic carbocycles. The van der Waals surface area contributed by atoms with Gasteiger partial charge in [-0.3, -0.25) is 4.79 Å². The van der Waals surface area contributed by atoms with E-state index in [-0.39, 0.29) is 5.91 Å². The first-order valence-corrected chi connectivity index (χ1v) is 8.30. The van der Waals surface area contributed by atoms with Crippen LogP contribution in [0.5, 0.6) is 0 Å². The smallest absolute Gasteiger partial charge is 0.234 e. The third-order valence-corrected chi connectivity index (χ3v) is 4.10. The number of hydrogen-bond acceptors (Lipinski definition) is 2. The van der Waals surface area contributed by atoms with E-state index in [2.05, 4.69) is 46.8 Å². The Hall–Kier alpha value is -2.59. The van der Waals surface area contributed by atoms with Crippen LogP contribution in [0.25, 0.3) is 10.9 Å². The maximum Gasteiger partial charge on any atom is 0.234 e. The van der Waals surface area contributed by atoms with Crippen molar-refractivity contribution in [3.63, 3.8) is 0 Å². The van der Waals surface area contributed by atoms with Gasteiger partial charge in [0.15, 0.2) is 0 Å². The van der Waals surface area contributed by atoms with Crippen LogP contribution in [0.3, 0.4) is 0 Å². The summed E-state index contributed by atoms with van der Waals surface area (Å²) in [4.78, 5) is 15.2. The Morgan fingerprint density at radius 1 is 1.12 bits per heavy atom. The number of hydrogen-bond donors (Lipinski definition) is 3. The number of nitrogens with one attached hydrogen (secondary N) is 3. The van der Waals surface area contributed by atoms with Gasteiger partial charge < -0.3 is 15.6 Å². The second-order valence-electron chi connectivity index (χ2n) is 6.05. The second kappa shape index (κ2) is 7.79. The van der Waals surface area contributed by atoms with Crippen LogP contribution in [0.15, 0.2) is 54.7 Å². The molecule has 0 fully saturated rings. The summed E-state index contributed by atoms with van der Waals surface area (Å²) in [5.41, 5.74) is 4.77. The third-order valence-electron chi connectivity index (χ3n) is 4.10. The highest BCUT2D eigenvalue weighted by Gasteiger charge is 2.04. The summed E-state index contributed by atoms with van der Waals surface area (Å²) in [5, 5.41) is 7.40. The average molecular weight is 321 g/mol. The molecule has 0 spiro atoms. The summed E-state index contributed by atoms with van der Waals surface area (Å²) in [6, 6.07) is 16.4. The molecule has 0 saturated carbocycles. The van der Waals surface area contributed by atoms with E-state index >= 15 is 0 Å². The highest BCUT2D eigenvalue weighted by atomic mass is 16.1. The molecule has 1 aromatic heterocycles. The van der Waals surface area contributed by atoms with Gasteiger partial charge in [0, 0.05) is 23.6 Å². The SMILES string of the molecule is Cc1cccc(CNC(=O)CNCCc2c[nH]c3ccccc23)c1. The van der Waals surface area contributed by atoms with Gasteiger partial charge in [0.25, 0.3) is 0 Å². The predicted octanol–water partition coefficient (Wildman–Crippen LogP) is 2.92. The number of benzene rings is 2. The summed E-state index contributed by atoms with van der Waals surface area (Å²) in [7, 11) is 0. The number of fused-ring (bicyclic) bond motifs is 1. The number of aromatic amines is 1. The molecule has 1 heterocycles. The molecule has 0 saturated heterocycles. The van der Waals surface area contributed by atoms with E-state index in [1.165, 1.54) is 16.5 Å². The van der Waals surface area contributed by atoms with Crippen molar-refractivity contribution in [2.75, 3.05) is 13.1 Å². The third kappa shape index (κ3) is 4.24. The number of aromatic nitrogens is 1. The van der Waals surface area contributed by atoms with E-state index in [0.717, 1.165) is 24.0 Å². The van der Waals surface area contributed by atoms with E-state index in [1.54, 1.807) is 0 Å². The van der Waals surface area contributed by atoms with E-state index < -0.39 is 0 Å². The van der Waals surface area contributed by atoms with Crippen molar-refractivity contribution in [1.82, 2.24) is 15.6 Å². The van der Waals surface area contributed by atoms with E-state index in [0.29, 0.717) is 13.1 Å². The average Bonchev–Trinajstić information content (AvgIpc) is 3.00. The number of carbonyl (C=O) groups is 1. The first kappa shape index (κ1) is 16.3. The summed E-state index contributed by atoms with van der Waals surface area (Å²) in [6.07, 6.45) is 2.94. The van der Waals surface area contributed by atoms with Crippen molar-refractivity contribution < 1.29 is 4.79 Å². The molecule has 3 aromatic rings. The van der Waals surface area contributed by atoms with Gasteiger partial charge in [-0.15, -0.1) is 0 Å².